The van der Waals surface area contributed by atoms with Crippen LogP contribution in [0.4, 0.5) is 0 Å². The Hall–Kier alpha value is -1.67. The molecule has 2 aromatic carbocycles. The summed E-state index contributed by atoms with van der Waals surface area (Å²) < 4.78 is 0. The van der Waals surface area contributed by atoms with E-state index in [0.29, 0.717) is 11.1 Å². The molecule has 2 aromatic rings. The van der Waals surface area contributed by atoms with Gasteiger partial charge in [0.1, 0.15) is 6.29 Å². The highest BCUT2D eigenvalue weighted by molar-refractivity contribution is 5.91. The lowest BCUT2D eigenvalue weighted by Crippen LogP contribution is -1.92. The van der Waals surface area contributed by atoms with Crippen molar-refractivity contribution in [2.24, 2.45) is 0 Å². The highest BCUT2D eigenvalue weighted by Gasteiger charge is 2.03. The number of aryl methyl sites for hydroxylation is 1. The molecule has 0 spiro atoms. The van der Waals surface area contributed by atoms with Gasteiger partial charge in [0.25, 0.3) is 0 Å². The highest BCUT2D eigenvalue weighted by Crippen LogP contribution is 2.20. The molecule has 0 saturated carbocycles. The van der Waals surface area contributed by atoms with E-state index < -0.39 is 0 Å². The second-order valence-electron chi connectivity index (χ2n) is 3.68. The van der Waals surface area contributed by atoms with E-state index >= 15 is 0 Å². The fourth-order valence-electron chi connectivity index (χ4n) is 1.73. The molecule has 0 unspecified atom stereocenters. The van der Waals surface area contributed by atoms with Crippen molar-refractivity contribution >= 4 is 17.1 Å². The van der Waals surface area contributed by atoms with Gasteiger partial charge in [-0.3, -0.25) is 4.79 Å². The topological polar surface area (TPSA) is 37.3 Å². The van der Waals surface area contributed by atoms with E-state index in [1.54, 1.807) is 0 Å². The monoisotopic (exact) mass is 200 g/mol. The summed E-state index contributed by atoms with van der Waals surface area (Å²) >= 11 is 0. The fourth-order valence-corrected chi connectivity index (χ4v) is 1.73. The molecule has 0 saturated heterocycles. The van der Waals surface area contributed by atoms with Crippen LogP contribution in [0.3, 0.4) is 0 Å². The lowest BCUT2D eigenvalue weighted by molar-refractivity contribution is 0.112. The summed E-state index contributed by atoms with van der Waals surface area (Å²) in [5.41, 5.74) is 2.42. The van der Waals surface area contributed by atoms with Gasteiger partial charge in [-0.2, -0.15) is 0 Å². The van der Waals surface area contributed by atoms with E-state index in [4.69, 9.17) is 5.11 Å². The Kier molecular flexibility index (Phi) is 2.52. The van der Waals surface area contributed by atoms with Crippen molar-refractivity contribution in [3.05, 3.63) is 47.0 Å². The first-order chi connectivity index (χ1) is 7.24. The highest BCUT2D eigenvalue weighted by atomic mass is 16.3. The van der Waals surface area contributed by atoms with Gasteiger partial charge in [0.15, 0.2) is 0 Å². The SMILES string of the molecule is Cc1ccc2cc(C=O)c(CO)cc2c1. The molecule has 2 heteroatoms. The maximum absolute atomic E-state index is 10.8. The smallest absolute Gasteiger partial charge is 0.150 e. The normalized spacial score (nSPS) is 10.5. The molecular weight excluding hydrogens is 188 g/mol. The lowest BCUT2D eigenvalue weighted by Gasteiger charge is -2.05. The predicted octanol–water partition coefficient (Wildman–Crippen LogP) is 2.45. The number of aliphatic hydroxyl groups is 1. The molecule has 0 aliphatic heterocycles. The standard InChI is InChI=1S/C13H12O2/c1-9-2-3-10-5-12(7-14)13(8-15)6-11(10)4-9/h2-7,15H,8H2,1H3. The molecule has 0 amide bonds. The minimum Gasteiger partial charge on any atom is -0.392 e. The van der Waals surface area contributed by atoms with Crippen LogP contribution in [-0.4, -0.2) is 11.4 Å². The molecule has 76 valence electrons. The Morgan fingerprint density at radius 3 is 2.67 bits per heavy atom. The number of hydrogen-bond acceptors (Lipinski definition) is 2. The van der Waals surface area contributed by atoms with Crippen molar-refractivity contribution < 1.29 is 9.90 Å². The Bertz CT molecular complexity index is 515. The molecule has 2 rings (SSSR count). The van der Waals surface area contributed by atoms with Crippen molar-refractivity contribution in [1.82, 2.24) is 0 Å². The van der Waals surface area contributed by atoms with Crippen molar-refractivity contribution in [3.63, 3.8) is 0 Å². The number of carbonyl (C=O) groups is 1. The van der Waals surface area contributed by atoms with Crippen LogP contribution < -0.4 is 0 Å². The van der Waals surface area contributed by atoms with E-state index in [1.165, 1.54) is 5.56 Å². The van der Waals surface area contributed by atoms with Crippen LogP contribution in [0, 0.1) is 6.92 Å². The third-order valence-corrected chi connectivity index (χ3v) is 2.55. The van der Waals surface area contributed by atoms with Gasteiger partial charge in [-0.25, -0.2) is 0 Å². The zero-order chi connectivity index (χ0) is 10.8. The second-order valence-corrected chi connectivity index (χ2v) is 3.68. The van der Waals surface area contributed by atoms with E-state index in [2.05, 4.69) is 0 Å². The first-order valence-electron chi connectivity index (χ1n) is 4.84. The molecule has 0 bridgehead atoms. The minimum absolute atomic E-state index is 0.0993. The number of aliphatic hydroxyl groups excluding tert-OH is 1. The zero-order valence-electron chi connectivity index (χ0n) is 8.53. The predicted molar refractivity (Wildman–Crippen MR) is 60.0 cm³/mol. The maximum atomic E-state index is 10.8. The summed E-state index contributed by atoms with van der Waals surface area (Å²) in [5.74, 6) is 0. The van der Waals surface area contributed by atoms with E-state index in [1.807, 2.05) is 37.3 Å². The fraction of sp³-hybridized carbons (Fsp3) is 0.154. The average Bonchev–Trinajstić information content (AvgIpc) is 2.27. The van der Waals surface area contributed by atoms with E-state index in [-0.39, 0.29) is 6.61 Å². The van der Waals surface area contributed by atoms with Crippen LogP contribution >= 0.6 is 0 Å². The number of hydrogen-bond donors (Lipinski definition) is 1. The summed E-state index contributed by atoms with van der Waals surface area (Å²) in [6.45, 7) is 1.92. The Labute approximate surface area is 88.2 Å². The first kappa shape index (κ1) is 9.87. The Morgan fingerprint density at radius 1 is 1.20 bits per heavy atom. The quantitative estimate of drug-likeness (QED) is 0.756. The van der Waals surface area contributed by atoms with E-state index in [9.17, 15) is 4.79 Å². The van der Waals surface area contributed by atoms with Crippen LogP contribution in [0.1, 0.15) is 21.5 Å². The summed E-state index contributed by atoms with van der Waals surface area (Å²) in [7, 11) is 0. The van der Waals surface area contributed by atoms with Crippen LogP contribution in [0.5, 0.6) is 0 Å². The molecular formula is C13H12O2. The molecule has 0 aliphatic rings. The van der Waals surface area contributed by atoms with Crippen LogP contribution in [0.15, 0.2) is 30.3 Å². The van der Waals surface area contributed by atoms with Crippen molar-refractivity contribution in [2.75, 3.05) is 0 Å². The molecule has 0 aromatic heterocycles. The molecule has 0 atom stereocenters. The van der Waals surface area contributed by atoms with Crippen LogP contribution in [-0.2, 0) is 6.61 Å². The first-order valence-corrected chi connectivity index (χ1v) is 4.84. The van der Waals surface area contributed by atoms with Crippen molar-refractivity contribution in [3.8, 4) is 0 Å². The maximum Gasteiger partial charge on any atom is 0.150 e. The van der Waals surface area contributed by atoms with Gasteiger partial charge >= 0.3 is 0 Å². The molecule has 15 heavy (non-hydrogen) atoms. The van der Waals surface area contributed by atoms with E-state index in [0.717, 1.165) is 17.1 Å². The minimum atomic E-state index is -0.0993. The Morgan fingerprint density at radius 2 is 2.00 bits per heavy atom. The van der Waals surface area contributed by atoms with Crippen molar-refractivity contribution in [2.45, 2.75) is 13.5 Å². The van der Waals surface area contributed by atoms with Gasteiger partial charge < -0.3 is 5.11 Å². The molecule has 0 aliphatic carbocycles. The largest absolute Gasteiger partial charge is 0.392 e. The number of benzene rings is 2. The molecule has 2 nitrogen and oxygen atoms in total. The summed E-state index contributed by atoms with van der Waals surface area (Å²) in [5, 5.41) is 11.2. The van der Waals surface area contributed by atoms with Gasteiger partial charge in [-0.05, 0) is 35.4 Å². The summed E-state index contributed by atoms with van der Waals surface area (Å²) in [4.78, 5) is 10.8. The third kappa shape index (κ3) is 1.76. The number of aldehydes is 1. The Balaban J connectivity index is 2.75. The molecule has 0 fully saturated rings. The third-order valence-electron chi connectivity index (χ3n) is 2.55. The second kappa shape index (κ2) is 3.83. The van der Waals surface area contributed by atoms with Crippen LogP contribution in [0.2, 0.25) is 0 Å². The van der Waals surface area contributed by atoms with Gasteiger partial charge in [0.2, 0.25) is 0 Å². The molecule has 0 heterocycles. The number of fused-ring (bicyclic) bond motifs is 1. The molecule has 0 radical (unpaired) electrons. The molecule has 1 N–H and O–H groups in total. The van der Waals surface area contributed by atoms with Gasteiger partial charge in [0, 0.05) is 5.56 Å². The summed E-state index contributed by atoms with van der Waals surface area (Å²) in [6, 6.07) is 9.72. The lowest BCUT2D eigenvalue weighted by atomic mass is 10.0. The average molecular weight is 200 g/mol. The van der Waals surface area contributed by atoms with Crippen molar-refractivity contribution in [1.29, 1.82) is 0 Å². The van der Waals surface area contributed by atoms with Gasteiger partial charge in [-0.15, -0.1) is 0 Å². The van der Waals surface area contributed by atoms with Crippen LogP contribution in [0.25, 0.3) is 10.8 Å². The zero-order valence-corrected chi connectivity index (χ0v) is 8.53. The van der Waals surface area contributed by atoms with Gasteiger partial charge in [0.05, 0.1) is 6.61 Å². The summed E-state index contributed by atoms with van der Waals surface area (Å²) in [6.07, 6.45) is 0.783. The number of carbonyl (C=O) groups excluding carboxylic acids is 1. The number of rotatable bonds is 2. The van der Waals surface area contributed by atoms with Gasteiger partial charge in [-0.1, -0.05) is 23.8 Å².